The van der Waals surface area contributed by atoms with Crippen LogP contribution in [-0.4, -0.2) is 12.5 Å². The minimum absolute atomic E-state index is 0.0675. The van der Waals surface area contributed by atoms with Crippen molar-refractivity contribution in [3.63, 3.8) is 0 Å². The Balaban J connectivity index is 1.95. The van der Waals surface area contributed by atoms with Gasteiger partial charge in [0.05, 0.1) is 11.6 Å². The summed E-state index contributed by atoms with van der Waals surface area (Å²) in [5.74, 6) is 0.445. The first-order valence-electron chi connectivity index (χ1n) is 6.69. The summed E-state index contributed by atoms with van der Waals surface area (Å²) in [5.41, 5.74) is 3.20. The molecule has 0 saturated carbocycles. The van der Waals surface area contributed by atoms with Crippen LogP contribution in [0.3, 0.4) is 0 Å². The van der Waals surface area contributed by atoms with Crippen LogP contribution in [0.25, 0.3) is 0 Å². The predicted molar refractivity (Wildman–Crippen MR) is 88.9 cm³/mol. The van der Waals surface area contributed by atoms with E-state index in [1.165, 1.54) is 0 Å². The fourth-order valence-corrected chi connectivity index (χ4v) is 2.34. The number of amides is 1. The van der Waals surface area contributed by atoms with Crippen LogP contribution in [0.1, 0.15) is 16.7 Å². The van der Waals surface area contributed by atoms with Crippen molar-refractivity contribution in [2.75, 3.05) is 11.9 Å². The maximum absolute atomic E-state index is 11.9. The number of hydrogen-bond acceptors (Lipinski definition) is 3. The number of nitriles is 1. The molecule has 4 nitrogen and oxygen atoms in total. The van der Waals surface area contributed by atoms with Gasteiger partial charge in [0.2, 0.25) is 0 Å². The largest absolute Gasteiger partial charge is 0.483 e. The Kier molecular flexibility index (Phi) is 5.18. The van der Waals surface area contributed by atoms with Crippen molar-refractivity contribution in [3.05, 3.63) is 57.6 Å². The number of benzene rings is 2. The van der Waals surface area contributed by atoms with Crippen LogP contribution in [0.5, 0.6) is 5.75 Å². The molecule has 0 spiro atoms. The van der Waals surface area contributed by atoms with Gasteiger partial charge in [0.1, 0.15) is 5.75 Å². The Labute approximate surface area is 137 Å². The van der Waals surface area contributed by atoms with Crippen molar-refractivity contribution in [2.45, 2.75) is 13.8 Å². The smallest absolute Gasteiger partial charge is 0.262 e. The molecule has 1 amide bonds. The van der Waals surface area contributed by atoms with Crippen molar-refractivity contribution >= 4 is 27.5 Å². The van der Waals surface area contributed by atoms with Gasteiger partial charge < -0.3 is 10.1 Å². The molecule has 2 rings (SSSR count). The van der Waals surface area contributed by atoms with E-state index in [2.05, 4.69) is 21.2 Å². The van der Waals surface area contributed by atoms with Crippen molar-refractivity contribution in [2.24, 2.45) is 0 Å². The zero-order valence-electron chi connectivity index (χ0n) is 12.3. The molecule has 0 unspecified atom stereocenters. The molecular formula is C17H15BrN2O2. The Morgan fingerprint density at radius 2 is 1.91 bits per heavy atom. The van der Waals surface area contributed by atoms with Crippen LogP contribution in [0.2, 0.25) is 0 Å². The lowest BCUT2D eigenvalue weighted by molar-refractivity contribution is -0.118. The number of carbonyl (C=O) groups is 1. The van der Waals surface area contributed by atoms with Crippen molar-refractivity contribution in [1.82, 2.24) is 0 Å². The van der Waals surface area contributed by atoms with E-state index in [-0.39, 0.29) is 12.5 Å². The monoisotopic (exact) mass is 358 g/mol. The number of nitrogens with zero attached hydrogens (tertiary/aromatic N) is 1. The standard InChI is InChI=1S/C17H15BrN2O2/c1-11-8-16(12(2)7-15(11)18)22-10-17(21)20-14-5-3-13(9-19)4-6-14/h3-8H,10H2,1-2H3,(H,20,21). The highest BCUT2D eigenvalue weighted by molar-refractivity contribution is 9.10. The maximum Gasteiger partial charge on any atom is 0.262 e. The number of halogens is 1. The van der Waals surface area contributed by atoms with Gasteiger partial charge in [-0.3, -0.25) is 4.79 Å². The van der Waals surface area contributed by atoms with Crippen LogP contribution in [0.4, 0.5) is 5.69 Å². The summed E-state index contributed by atoms with van der Waals surface area (Å²) >= 11 is 3.46. The van der Waals surface area contributed by atoms with Gasteiger partial charge in [-0.05, 0) is 61.4 Å². The third-order valence-corrected chi connectivity index (χ3v) is 3.97. The molecule has 5 heteroatoms. The molecule has 1 N–H and O–H groups in total. The van der Waals surface area contributed by atoms with Gasteiger partial charge in [-0.15, -0.1) is 0 Å². The van der Waals surface area contributed by atoms with Gasteiger partial charge in [-0.25, -0.2) is 0 Å². The van der Waals surface area contributed by atoms with Gasteiger partial charge in [-0.1, -0.05) is 15.9 Å². The van der Waals surface area contributed by atoms with E-state index in [1.807, 2.05) is 32.0 Å². The third kappa shape index (κ3) is 4.09. The maximum atomic E-state index is 11.9. The fourth-order valence-electron chi connectivity index (χ4n) is 1.88. The molecule has 0 aliphatic rings. The number of hydrogen-bond donors (Lipinski definition) is 1. The van der Waals surface area contributed by atoms with Crippen LogP contribution in [0, 0.1) is 25.2 Å². The molecular weight excluding hydrogens is 344 g/mol. The van der Waals surface area contributed by atoms with Gasteiger partial charge in [0.25, 0.3) is 5.91 Å². The van der Waals surface area contributed by atoms with Crippen LogP contribution in [-0.2, 0) is 4.79 Å². The third-order valence-electron chi connectivity index (χ3n) is 3.11. The minimum Gasteiger partial charge on any atom is -0.483 e. The lowest BCUT2D eigenvalue weighted by Crippen LogP contribution is -2.20. The average Bonchev–Trinajstić information content (AvgIpc) is 2.50. The second-order valence-corrected chi connectivity index (χ2v) is 5.75. The SMILES string of the molecule is Cc1cc(OCC(=O)Nc2ccc(C#N)cc2)c(C)cc1Br. The van der Waals surface area contributed by atoms with E-state index >= 15 is 0 Å². The number of rotatable bonds is 4. The summed E-state index contributed by atoms with van der Waals surface area (Å²) in [4.78, 5) is 11.9. The topological polar surface area (TPSA) is 62.1 Å². The van der Waals surface area contributed by atoms with Crippen LogP contribution >= 0.6 is 15.9 Å². The Hall–Kier alpha value is -2.32. The second-order valence-electron chi connectivity index (χ2n) is 4.89. The van der Waals surface area contributed by atoms with E-state index in [0.29, 0.717) is 17.0 Å². The number of nitrogens with one attached hydrogen (secondary N) is 1. The number of anilines is 1. The zero-order chi connectivity index (χ0) is 16.1. The molecule has 0 aliphatic carbocycles. The van der Waals surface area contributed by atoms with E-state index in [4.69, 9.17) is 10.00 Å². The molecule has 0 fully saturated rings. The summed E-state index contributed by atoms with van der Waals surface area (Å²) in [6.07, 6.45) is 0. The molecule has 0 heterocycles. The summed E-state index contributed by atoms with van der Waals surface area (Å²) in [5, 5.41) is 11.5. The lowest BCUT2D eigenvalue weighted by atomic mass is 10.1. The Morgan fingerprint density at radius 1 is 1.23 bits per heavy atom. The highest BCUT2D eigenvalue weighted by Gasteiger charge is 2.07. The number of aryl methyl sites for hydroxylation is 2. The molecule has 0 bridgehead atoms. The normalized spacial score (nSPS) is 9.91. The quantitative estimate of drug-likeness (QED) is 0.899. The molecule has 2 aromatic carbocycles. The van der Waals surface area contributed by atoms with Crippen molar-refractivity contribution in [3.8, 4) is 11.8 Å². The van der Waals surface area contributed by atoms with E-state index in [1.54, 1.807) is 24.3 Å². The molecule has 2 aromatic rings. The predicted octanol–water partition coefficient (Wildman–Crippen LogP) is 3.96. The van der Waals surface area contributed by atoms with Gasteiger partial charge >= 0.3 is 0 Å². The van der Waals surface area contributed by atoms with Gasteiger partial charge in [-0.2, -0.15) is 5.26 Å². The second kappa shape index (κ2) is 7.10. The lowest BCUT2D eigenvalue weighted by Gasteiger charge is -2.11. The van der Waals surface area contributed by atoms with Crippen molar-refractivity contribution in [1.29, 1.82) is 5.26 Å². The van der Waals surface area contributed by atoms with E-state index in [9.17, 15) is 4.79 Å². The first-order valence-corrected chi connectivity index (χ1v) is 7.48. The van der Waals surface area contributed by atoms with Crippen LogP contribution < -0.4 is 10.1 Å². The first kappa shape index (κ1) is 16.1. The molecule has 112 valence electrons. The molecule has 0 saturated heterocycles. The molecule has 0 aliphatic heterocycles. The highest BCUT2D eigenvalue weighted by atomic mass is 79.9. The molecule has 22 heavy (non-hydrogen) atoms. The average molecular weight is 359 g/mol. The van der Waals surface area contributed by atoms with E-state index in [0.717, 1.165) is 15.6 Å². The first-order chi connectivity index (χ1) is 10.5. The highest BCUT2D eigenvalue weighted by Crippen LogP contribution is 2.26. The zero-order valence-corrected chi connectivity index (χ0v) is 13.9. The van der Waals surface area contributed by atoms with Crippen molar-refractivity contribution < 1.29 is 9.53 Å². The number of carbonyl (C=O) groups excluding carboxylic acids is 1. The molecule has 0 aromatic heterocycles. The summed E-state index contributed by atoms with van der Waals surface area (Å²) in [6, 6.07) is 12.6. The Morgan fingerprint density at radius 3 is 2.55 bits per heavy atom. The number of ether oxygens (including phenoxy) is 1. The van der Waals surface area contributed by atoms with Gasteiger partial charge in [0.15, 0.2) is 6.61 Å². The van der Waals surface area contributed by atoms with Crippen LogP contribution in [0.15, 0.2) is 40.9 Å². The summed E-state index contributed by atoms with van der Waals surface area (Å²) in [6.45, 7) is 3.83. The Bertz CT molecular complexity index is 734. The van der Waals surface area contributed by atoms with Gasteiger partial charge in [0, 0.05) is 10.2 Å². The summed E-state index contributed by atoms with van der Waals surface area (Å²) in [7, 11) is 0. The molecule has 0 atom stereocenters. The van der Waals surface area contributed by atoms with E-state index < -0.39 is 0 Å². The fraction of sp³-hybridized carbons (Fsp3) is 0.176. The summed E-state index contributed by atoms with van der Waals surface area (Å²) < 4.78 is 6.58. The minimum atomic E-state index is -0.246. The molecule has 0 radical (unpaired) electrons.